The van der Waals surface area contributed by atoms with Gasteiger partial charge in [-0.2, -0.15) is 0 Å². The molecule has 0 saturated carbocycles. The van der Waals surface area contributed by atoms with Gasteiger partial charge in [0, 0.05) is 11.6 Å². The Morgan fingerprint density at radius 1 is 1.24 bits per heavy atom. The molecule has 108 valence electrons. The van der Waals surface area contributed by atoms with E-state index >= 15 is 0 Å². The van der Waals surface area contributed by atoms with Gasteiger partial charge in [0.05, 0.1) is 4.92 Å². The number of carboxylic acids is 1. The third-order valence-corrected chi connectivity index (χ3v) is 3.02. The Morgan fingerprint density at radius 3 is 2.57 bits per heavy atom. The first-order valence-corrected chi connectivity index (χ1v) is 6.18. The minimum absolute atomic E-state index is 0.0475. The fourth-order valence-electron chi connectivity index (χ4n) is 1.98. The average molecular weight is 287 g/mol. The summed E-state index contributed by atoms with van der Waals surface area (Å²) in [5, 5.41) is 20.1. The summed E-state index contributed by atoms with van der Waals surface area (Å²) < 4.78 is 5.56. The van der Waals surface area contributed by atoms with E-state index in [0.29, 0.717) is 5.75 Å². The lowest BCUT2D eigenvalue weighted by Crippen LogP contribution is -2.09. The highest BCUT2D eigenvalue weighted by atomic mass is 16.6. The second-order valence-corrected chi connectivity index (χ2v) is 4.43. The molecule has 0 bridgehead atoms. The Kier molecular flexibility index (Phi) is 4.18. The second kappa shape index (κ2) is 6.04. The van der Waals surface area contributed by atoms with Gasteiger partial charge in [-0.1, -0.05) is 30.3 Å². The van der Waals surface area contributed by atoms with Gasteiger partial charge < -0.3 is 9.84 Å². The average Bonchev–Trinajstić information content (AvgIpc) is 2.45. The maximum absolute atomic E-state index is 11.3. The monoisotopic (exact) mass is 287 g/mol. The van der Waals surface area contributed by atoms with E-state index in [0.717, 1.165) is 5.56 Å². The number of carboxylic acid groups (broad SMARTS) is 1. The summed E-state index contributed by atoms with van der Waals surface area (Å²) in [7, 11) is 0. The molecular weight excluding hydrogens is 274 g/mol. The smallest absolute Gasteiger partial charge is 0.343 e. The molecule has 6 heteroatoms. The lowest BCUT2D eigenvalue weighted by Gasteiger charge is -2.10. The number of benzene rings is 2. The van der Waals surface area contributed by atoms with Crippen molar-refractivity contribution >= 4 is 11.7 Å². The molecule has 0 amide bonds. The van der Waals surface area contributed by atoms with Crippen LogP contribution in [-0.2, 0) is 6.61 Å². The molecule has 0 unspecified atom stereocenters. The zero-order valence-corrected chi connectivity index (χ0v) is 11.3. The fraction of sp³-hybridized carbons (Fsp3) is 0.133. The van der Waals surface area contributed by atoms with Gasteiger partial charge in [-0.25, -0.2) is 4.79 Å². The standard InChI is InChI=1S/C15H13NO5/c1-10-5-2-3-8-13(10)21-9-11-6-4-7-12(16(19)20)14(11)15(17)18/h2-8H,9H2,1H3,(H,17,18). The number of hydrogen-bond donors (Lipinski definition) is 1. The first kappa shape index (κ1) is 14.5. The molecule has 2 rings (SSSR count). The molecule has 0 spiro atoms. The fourth-order valence-corrected chi connectivity index (χ4v) is 1.98. The van der Waals surface area contributed by atoms with E-state index in [9.17, 15) is 20.0 Å². The summed E-state index contributed by atoms with van der Waals surface area (Å²) in [6.45, 7) is 1.81. The van der Waals surface area contributed by atoms with Gasteiger partial charge in [-0.3, -0.25) is 10.1 Å². The number of aryl methyl sites for hydroxylation is 1. The topological polar surface area (TPSA) is 89.7 Å². The van der Waals surface area contributed by atoms with Crippen molar-refractivity contribution in [2.45, 2.75) is 13.5 Å². The molecule has 0 saturated heterocycles. The van der Waals surface area contributed by atoms with Gasteiger partial charge >= 0.3 is 5.97 Å². The van der Waals surface area contributed by atoms with E-state index in [1.807, 2.05) is 19.1 Å². The third-order valence-electron chi connectivity index (χ3n) is 3.02. The van der Waals surface area contributed by atoms with Gasteiger partial charge in [0.1, 0.15) is 17.9 Å². The molecule has 0 aliphatic carbocycles. The van der Waals surface area contributed by atoms with Gasteiger partial charge in [0.15, 0.2) is 0 Å². The molecule has 0 radical (unpaired) electrons. The van der Waals surface area contributed by atoms with Crippen LogP contribution in [0.15, 0.2) is 42.5 Å². The highest BCUT2D eigenvalue weighted by Crippen LogP contribution is 2.24. The molecule has 6 nitrogen and oxygen atoms in total. The van der Waals surface area contributed by atoms with Crippen molar-refractivity contribution in [1.29, 1.82) is 0 Å². The third kappa shape index (κ3) is 3.17. The molecular formula is C15H13NO5. The van der Waals surface area contributed by atoms with Crippen molar-refractivity contribution in [2.75, 3.05) is 0 Å². The molecule has 2 aromatic rings. The summed E-state index contributed by atoms with van der Waals surface area (Å²) in [5.41, 5.74) is 0.393. The minimum Gasteiger partial charge on any atom is -0.489 e. The Hall–Kier alpha value is -2.89. The minimum atomic E-state index is -1.34. The van der Waals surface area contributed by atoms with Crippen molar-refractivity contribution < 1.29 is 19.6 Å². The van der Waals surface area contributed by atoms with E-state index in [1.54, 1.807) is 12.1 Å². The van der Waals surface area contributed by atoms with Gasteiger partial charge in [-0.15, -0.1) is 0 Å². The number of carbonyl (C=O) groups is 1. The predicted octanol–water partition coefficient (Wildman–Crippen LogP) is 3.18. The number of hydrogen-bond acceptors (Lipinski definition) is 4. The number of rotatable bonds is 5. The predicted molar refractivity (Wildman–Crippen MR) is 75.6 cm³/mol. The largest absolute Gasteiger partial charge is 0.489 e. The molecule has 0 fully saturated rings. The molecule has 0 aliphatic heterocycles. The Labute approximate surface area is 120 Å². The number of nitro benzene ring substituents is 1. The maximum atomic E-state index is 11.3. The lowest BCUT2D eigenvalue weighted by atomic mass is 10.1. The Bertz CT molecular complexity index is 696. The van der Waals surface area contributed by atoms with Crippen molar-refractivity contribution in [1.82, 2.24) is 0 Å². The van der Waals surface area contributed by atoms with Crippen LogP contribution in [0, 0.1) is 17.0 Å². The SMILES string of the molecule is Cc1ccccc1OCc1cccc([N+](=O)[O-])c1C(=O)O. The van der Waals surface area contributed by atoms with Crippen LogP contribution in [0.2, 0.25) is 0 Å². The molecule has 0 heterocycles. The lowest BCUT2D eigenvalue weighted by molar-refractivity contribution is -0.385. The highest BCUT2D eigenvalue weighted by molar-refractivity contribution is 5.94. The Morgan fingerprint density at radius 2 is 1.95 bits per heavy atom. The zero-order valence-electron chi connectivity index (χ0n) is 11.3. The zero-order chi connectivity index (χ0) is 15.4. The molecule has 0 aromatic heterocycles. The second-order valence-electron chi connectivity index (χ2n) is 4.43. The number of aromatic carboxylic acids is 1. The van der Waals surface area contributed by atoms with Crippen LogP contribution in [0.3, 0.4) is 0 Å². The molecule has 21 heavy (non-hydrogen) atoms. The quantitative estimate of drug-likeness (QED) is 0.673. The molecule has 0 atom stereocenters. The van der Waals surface area contributed by atoms with Crippen LogP contribution < -0.4 is 4.74 Å². The van der Waals surface area contributed by atoms with Crippen LogP contribution in [0.1, 0.15) is 21.5 Å². The number of ether oxygens (including phenoxy) is 1. The summed E-state index contributed by atoms with van der Waals surface area (Å²) in [6, 6.07) is 11.4. The van der Waals surface area contributed by atoms with Crippen LogP contribution in [0.5, 0.6) is 5.75 Å². The first-order valence-electron chi connectivity index (χ1n) is 6.18. The van der Waals surface area contributed by atoms with E-state index in [1.165, 1.54) is 18.2 Å². The molecule has 0 aliphatic rings. The molecule has 1 N–H and O–H groups in total. The van der Waals surface area contributed by atoms with Crippen molar-refractivity contribution in [3.63, 3.8) is 0 Å². The van der Waals surface area contributed by atoms with Crippen LogP contribution >= 0.6 is 0 Å². The number of nitrogens with zero attached hydrogens (tertiary/aromatic N) is 1. The number of para-hydroxylation sites is 1. The Balaban J connectivity index is 2.32. The summed E-state index contributed by atoms with van der Waals surface area (Å²) in [5.74, 6) is -0.731. The van der Waals surface area contributed by atoms with Gasteiger partial charge in [-0.05, 0) is 18.6 Å². The highest BCUT2D eigenvalue weighted by Gasteiger charge is 2.23. The van der Waals surface area contributed by atoms with Crippen molar-refractivity contribution in [3.8, 4) is 5.75 Å². The van der Waals surface area contributed by atoms with E-state index in [2.05, 4.69) is 0 Å². The van der Waals surface area contributed by atoms with Crippen LogP contribution in [-0.4, -0.2) is 16.0 Å². The molecule has 2 aromatic carbocycles. The van der Waals surface area contributed by atoms with E-state index in [-0.39, 0.29) is 17.7 Å². The van der Waals surface area contributed by atoms with E-state index in [4.69, 9.17) is 4.74 Å². The number of nitro groups is 1. The maximum Gasteiger partial charge on any atom is 0.343 e. The normalized spacial score (nSPS) is 10.1. The first-order chi connectivity index (χ1) is 10.0. The van der Waals surface area contributed by atoms with Gasteiger partial charge in [0.2, 0.25) is 0 Å². The summed E-state index contributed by atoms with van der Waals surface area (Å²) in [4.78, 5) is 21.5. The van der Waals surface area contributed by atoms with Crippen LogP contribution in [0.25, 0.3) is 0 Å². The van der Waals surface area contributed by atoms with Crippen molar-refractivity contribution in [3.05, 3.63) is 69.3 Å². The van der Waals surface area contributed by atoms with E-state index < -0.39 is 16.6 Å². The van der Waals surface area contributed by atoms with Crippen molar-refractivity contribution in [2.24, 2.45) is 0 Å². The van der Waals surface area contributed by atoms with Crippen LogP contribution in [0.4, 0.5) is 5.69 Å². The summed E-state index contributed by atoms with van der Waals surface area (Å²) in [6.07, 6.45) is 0. The van der Waals surface area contributed by atoms with Gasteiger partial charge in [0.25, 0.3) is 5.69 Å². The summed E-state index contributed by atoms with van der Waals surface area (Å²) >= 11 is 0.